The summed E-state index contributed by atoms with van der Waals surface area (Å²) >= 11 is 13.7. The summed E-state index contributed by atoms with van der Waals surface area (Å²) < 4.78 is 0. The van der Waals surface area contributed by atoms with Gasteiger partial charge in [0, 0.05) is 27.5 Å². The maximum absolute atomic E-state index is 13.0. The van der Waals surface area contributed by atoms with Crippen molar-refractivity contribution in [2.75, 3.05) is 5.32 Å². The predicted molar refractivity (Wildman–Crippen MR) is 112 cm³/mol. The van der Waals surface area contributed by atoms with Crippen LogP contribution >= 0.6 is 34.5 Å². The van der Waals surface area contributed by atoms with Crippen LogP contribution in [0.5, 0.6) is 0 Å². The van der Waals surface area contributed by atoms with E-state index in [0.29, 0.717) is 16.6 Å². The van der Waals surface area contributed by atoms with Gasteiger partial charge in [-0.2, -0.15) is 0 Å². The second-order valence-corrected chi connectivity index (χ2v) is 8.76. The number of benzene rings is 2. The SMILES string of the molecule is O=C(Nc1ncc(Cc2ccccc2Cl)s1)C1(c2ccc(Cl)cc2)CCC1. The van der Waals surface area contributed by atoms with E-state index in [2.05, 4.69) is 10.3 Å². The Morgan fingerprint density at radius 1 is 1.11 bits per heavy atom. The summed E-state index contributed by atoms with van der Waals surface area (Å²) in [7, 11) is 0. The quantitative estimate of drug-likeness (QED) is 0.545. The highest BCUT2D eigenvalue weighted by Gasteiger charge is 2.45. The van der Waals surface area contributed by atoms with Gasteiger partial charge in [0.05, 0.1) is 5.41 Å². The molecule has 1 aliphatic rings. The number of rotatable bonds is 5. The van der Waals surface area contributed by atoms with E-state index in [1.807, 2.05) is 48.5 Å². The lowest BCUT2D eigenvalue weighted by Gasteiger charge is -2.40. The van der Waals surface area contributed by atoms with Gasteiger partial charge in [0.25, 0.3) is 0 Å². The zero-order chi connectivity index (χ0) is 18.9. The number of hydrogen-bond donors (Lipinski definition) is 1. The van der Waals surface area contributed by atoms with E-state index in [0.717, 1.165) is 40.3 Å². The molecule has 0 radical (unpaired) electrons. The first-order valence-corrected chi connectivity index (χ1v) is 10.4. The van der Waals surface area contributed by atoms with E-state index in [4.69, 9.17) is 23.2 Å². The Balaban J connectivity index is 1.49. The zero-order valence-corrected chi connectivity index (χ0v) is 16.9. The minimum atomic E-state index is -0.473. The molecular formula is C21H18Cl2N2OS. The number of thiazole rings is 1. The van der Waals surface area contributed by atoms with Crippen molar-refractivity contribution in [3.8, 4) is 0 Å². The van der Waals surface area contributed by atoms with Crippen LogP contribution in [0.4, 0.5) is 5.13 Å². The molecule has 27 heavy (non-hydrogen) atoms. The monoisotopic (exact) mass is 416 g/mol. The Morgan fingerprint density at radius 3 is 2.52 bits per heavy atom. The van der Waals surface area contributed by atoms with Crippen molar-refractivity contribution in [3.63, 3.8) is 0 Å². The average Bonchev–Trinajstić information content (AvgIpc) is 3.04. The molecule has 0 unspecified atom stereocenters. The van der Waals surface area contributed by atoms with E-state index in [1.165, 1.54) is 11.3 Å². The highest BCUT2D eigenvalue weighted by atomic mass is 35.5. The summed E-state index contributed by atoms with van der Waals surface area (Å²) in [5, 5.41) is 5.07. The Kier molecular flexibility index (Phi) is 5.22. The molecule has 1 saturated carbocycles. The third kappa shape index (κ3) is 3.75. The van der Waals surface area contributed by atoms with Crippen LogP contribution in [-0.4, -0.2) is 10.9 Å². The third-order valence-electron chi connectivity index (χ3n) is 5.14. The van der Waals surface area contributed by atoms with Gasteiger partial charge >= 0.3 is 0 Å². The molecule has 4 rings (SSSR count). The number of carbonyl (C=O) groups excluding carboxylic acids is 1. The summed E-state index contributed by atoms with van der Waals surface area (Å²) in [6, 6.07) is 15.4. The lowest BCUT2D eigenvalue weighted by Crippen LogP contribution is -2.45. The van der Waals surface area contributed by atoms with Gasteiger partial charge in [0.15, 0.2) is 5.13 Å². The summed E-state index contributed by atoms with van der Waals surface area (Å²) in [4.78, 5) is 18.5. The smallest absolute Gasteiger partial charge is 0.236 e. The summed E-state index contributed by atoms with van der Waals surface area (Å²) in [5.74, 6) is 0.00900. The van der Waals surface area contributed by atoms with Crippen molar-refractivity contribution in [2.24, 2.45) is 0 Å². The molecule has 6 heteroatoms. The number of amides is 1. The lowest BCUT2D eigenvalue weighted by molar-refractivity contribution is -0.124. The van der Waals surface area contributed by atoms with E-state index in [9.17, 15) is 4.79 Å². The predicted octanol–water partition coefficient (Wildman–Crippen LogP) is 6.10. The fourth-order valence-corrected chi connectivity index (χ4v) is 4.60. The van der Waals surface area contributed by atoms with Crippen LogP contribution in [0.15, 0.2) is 54.7 Å². The van der Waals surface area contributed by atoms with Crippen LogP contribution in [0.3, 0.4) is 0 Å². The first kappa shape index (κ1) is 18.5. The average molecular weight is 417 g/mol. The van der Waals surface area contributed by atoms with Crippen molar-refractivity contribution in [2.45, 2.75) is 31.1 Å². The number of aromatic nitrogens is 1. The molecular weight excluding hydrogens is 399 g/mol. The normalized spacial score (nSPS) is 15.2. The van der Waals surface area contributed by atoms with Gasteiger partial charge in [-0.05, 0) is 42.2 Å². The van der Waals surface area contributed by atoms with Crippen LogP contribution in [0.1, 0.15) is 35.3 Å². The molecule has 0 bridgehead atoms. The summed E-state index contributed by atoms with van der Waals surface area (Å²) in [5.41, 5.74) is 1.60. The molecule has 1 heterocycles. The van der Waals surface area contributed by atoms with Gasteiger partial charge in [0.1, 0.15) is 0 Å². The number of halogens is 2. The maximum atomic E-state index is 13.0. The van der Waals surface area contributed by atoms with Gasteiger partial charge in [-0.1, -0.05) is 60.0 Å². The molecule has 0 spiro atoms. The van der Waals surface area contributed by atoms with E-state index in [-0.39, 0.29) is 5.91 Å². The van der Waals surface area contributed by atoms with E-state index < -0.39 is 5.41 Å². The molecule has 0 aliphatic heterocycles. The largest absolute Gasteiger partial charge is 0.301 e. The topological polar surface area (TPSA) is 42.0 Å². The van der Waals surface area contributed by atoms with E-state index >= 15 is 0 Å². The number of hydrogen-bond acceptors (Lipinski definition) is 3. The maximum Gasteiger partial charge on any atom is 0.236 e. The number of anilines is 1. The molecule has 2 aromatic carbocycles. The van der Waals surface area contributed by atoms with Crippen LogP contribution in [0.2, 0.25) is 10.0 Å². The molecule has 1 N–H and O–H groups in total. The zero-order valence-electron chi connectivity index (χ0n) is 14.5. The minimum Gasteiger partial charge on any atom is -0.301 e. The van der Waals surface area contributed by atoms with Crippen LogP contribution in [-0.2, 0) is 16.6 Å². The van der Waals surface area contributed by atoms with Gasteiger partial charge in [-0.3, -0.25) is 4.79 Å². The third-order valence-corrected chi connectivity index (χ3v) is 6.67. The first-order chi connectivity index (χ1) is 13.1. The Morgan fingerprint density at radius 2 is 1.85 bits per heavy atom. The number of carbonyl (C=O) groups is 1. The molecule has 1 fully saturated rings. The van der Waals surface area contributed by atoms with Gasteiger partial charge in [-0.15, -0.1) is 11.3 Å². The van der Waals surface area contributed by atoms with Gasteiger partial charge < -0.3 is 5.32 Å². The Hall–Kier alpha value is -1.88. The van der Waals surface area contributed by atoms with Crippen LogP contribution in [0, 0.1) is 0 Å². The summed E-state index contributed by atoms with van der Waals surface area (Å²) in [6.45, 7) is 0. The Bertz CT molecular complexity index is 964. The minimum absolute atomic E-state index is 0.00900. The standard InChI is InChI=1S/C21H18Cl2N2OS/c22-16-8-6-15(7-9-16)21(10-3-11-21)19(26)25-20-24-13-17(27-20)12-14-4-1-2-5-18(14)23/h1-2,4-9,13H,3,10-12H2,(H,24,25,26). The fourth-order valence-electron chi connectivity index (χ4n) is 3.44. The molecule has 0 atom stereocenters. The molecule has 3 nitrogen and oxygen atoms in total. The molecule has 1 aliphatic carbocycles. The molecule has 1 aromatic heterocycles. The van der Waals surface area contributed by atoms with Crippen molar-refractivity contribution in [1.29, 1.82) is 0 Å². The second-order valence-electron chi connectivity index (χ2n) is 6.80. The van der Waals surface area contributed by atoms with E-state index in [1.54, 1.807) is 6.20 Å². The van der Waals surface area contributed by atoms with Crippen LogP contribution < -0.4 is 5.32 Å². The van der Waals surface area contributed by atoms with Gasteiger partial charge in [0.2, 0.25) is 5.91 Å². The number of nitrogens with one attached hydrogen (secondary N) is 1. The highest BCUT2D eigenvalue weighted by molar-refractivity contribution is 7.15. The van der Waals surface area contributed by atoms with Crippen molar-refractivity contribution in [3.05, 3.63) is 80.8 Å². The molecule has 3 aromatic rings. The van der Waals surface area contributed by atoms with Gasteiger partial charge in [-0.25, -0.2) is 4.98 Å². The molecule has 138 valence electrons. The first-order valence-electron chi connectivity index (χ1n) is 8.82. The molecule has 1 amide bonds. The second kappa shape index (κ2) is 7.63. The Labute approximate surface area is 172 Å². The van der Waals surface area contributed by atoms with Crippen molar-refractivity contribution in [1.82, 2.24) is 4.98 Å². The molecule has 0 saturated heterocycles. The number of nitrogens with zero attached hydrogens (tertiary/aromatic N) is 1. The fraction of sp³-hybridized carbons (Fsp3) is 0.238. The van der Waals surface area contributed by atoms with Crippen molar-refractivity contribution >= 4 is 45.6 Å². The van der Waals surface area contributed by atoms with Crippen LogP contribution in [0.25, 0.3) is 0 Å². The van der Waals surface area contributed by atoms with Crippen molar-refractivity contribution < 1.29 is 4.79 Å². The summed E-state index contributed by atoms with van der Waals surface area (Å²) in [6.07, 6.45) is 5.25. The lowest BCUT2D eigenvalue weighted by atomic mass is 9.64. The highest BCUT2D eigenvalue weighted by Crippen LogP contribution is 2.45.